The van der Waals surface area contributed by atoms with E-state index in [1.54, 1.807) is 0 Å². The summed E-state index contributed by atoms with van der Waals surface area (Å²) in [6.07, 6.45) is 0. The molecule has 0 atom stereocenters. The molecule has 0 amide bonds. The number of halogens is 4. The highest BCUT2D eigenvalue weighted by Crippen LogP contribution is 2.15. The number of alkyl halides is 4. The van der Waals surface area contributed by atoms with Crippen molar-refractivity contribution < 1.29 is 27.0 Å². The van der Waals surface area contributed by atoms with Crippen LogP contribution in [0.3, 0.4) is 0 Å². The molecule has 0 rings (SSSR count). The van der Waals surface area contributed by atoms with Crippen molar-refractivity contribution in [2.45, 2.75) is 12.5 Å². The molecule has 0 bridgehead atoms. The molecule has 0 aliphatic heterocycles. The fourth-order valence-corrected chi connectivity index (χ4v) is 0.438. The monoisotopic (exact) mass is 176 g/mol. The van der Waals surface area contributed by atoms with Crippen molar-refractivity contribution in [3.8, 4) is 0 Å². The Labute approximate surface area is 61.1 Å². The minimum Gasteiger partial charge on any atom is -0.378 e. The molecular formula is C5H8F4O2. The van der Waals surface area contributed by atoms with Crippen LogP contribution in [0.25, 0.3) is 0 Å². The predicted octanol–water partition coefficient (Wildman–Crippen LogP) is 1.51. The van der Waals surface area contributed by atoms with E-state index in [1.165, 1.54) is 0 Å². The van der Waals surface area contributed by atoms with Crippen LogP contribution in [0.4, 0.5) is 17.6 Å². The lowest BCUT2D eigenvalue weighted by molar-refractivity contribution is -0.194. The molecule has 0 saturated heterocycles. The van der Waals surface area contributed by atoms with Crippen molar-refractivity contribution in [1.29, 1.82) is 0 Å². The summed E-state index contributed by atoms with van der Waals surface area (Å²) in [4.78, 5) is 0. The summed E-state index contributed by atoms with van der Waals surface area (Å²) in [5, 5.41) is 0. The van der Waals surface area contributed by atoms with Crippen molar-refractivity contribution in [3.05, 3.63) is 0 Å². The van der Waals surface area contributed by atoms with Gasteiger partial charge in [-0.1, -0.05) is 0 Å². The molecule has 0 saturated carbocycles. The van der Waals surface area contributed by atoms with Gasteiger partial charge in [-0.3, -0.25) is 0 Å². The first-order chi connectivity index (χ1) is 4.98. The molecule has 68 valence electrons. The largest absolute Gasteiger partial charge is 0.378 e. The molecule has 0 unspecified atom stereocenters. The third-order valence-corrected chi connectivity index (χ3v) is 0.776. The van der Waals surface area contributed by atoms with E-state index in [4.69, 9.17) is 0 Å². The highest BCUT2D eigenvalue weighted by molar-refractivity contribution is 4.62. The zero-order valence-electron chi connectivity index (χ0n) is 5.82. The molecule has 0 aliphatic carbocycles. The second-order valence-corrected chi connectivity index (χ2v) is 1.86. The molecule has 0 spiro atoms. The Bertz CT molecular complexity index is 107. The summed E-state index contributed by atoms with van der Waals surface area (Å²) < 4.78 is 54.3. The first kappa shape index (κ1) is 10.6. The molecule has 0 radical (unpaired) electrons. The topological polar surface area (TPSA) is 18.5 Å². The van der Waals surface area contributed by atoms with Crippen LogP contribution in [-0.4, -0.2) is 32.9 Å². The third kappa shape index (κ3) is 6.05. The van der Waals surface area contributed by atoms with Gasteiger partial charge in [0.2, 0.25) is 0 Å². The number of methoxy groups -OCH3 is 1. The lowest BCUT2D eigenvalue weighted by Crippen LogP contribution is -2.30. The van der Waals surface area contributed by atoms with Crippen LogP contribution in [0.15, 0.2) is 0 Å². The van der Waals surface area contributed by atoms with Gasteiger partial charge in [0.1, 0.15) is 13.2 Å². The van der Waals surface area contributed by atoms with Gasteiger partial charge in [0.15, 0.2) is 0 Å². The number of hydrogen-bond acceptors (Lipinski definition) is 2. The first-order valence-electron chi connectivity index (χ1n) is 2.74. The number of hydrogen-bond donors (Lipinski definition) is 0. The standard InChI is InChI=1S/C5H8F4O2/c1-10-2-5(8,9)3-11-4(6)7/h4H,2-3H2,1H3. The van der Waals surface area contributed by atoms with Gasteiger partial charge in [0.25, 0.3) is 5.92 Å². The molecule has 11 heavy (non-hydrogen) atoms. The Morgan fingerprint density at radius 2 is 1.82 bits per heavy atom. The van der Waals surface area contributed by atoms with Gasteiger partial charge in [-0.25, -0.2) is 8.78 Å². The highest BCUT2D eigenvalue weighted by Gasteiger charge is 2.30. The van der Waals surface area contributed by atoms with Crippen LogP contribution in [0.2, 0.25) is 0 Å². The van der Waals surface area contributed by atoms with Crippen molar-refractivity contribution >= 4 is 0 Å². The van der Waals surface area contributed by atoms with Crippen molar-refractivity contribution in [3.63, 3.8) is 0 Å². The van der Waals surface area contributed by atoms with Crippen molar-refractivity contribution in [2.24, 2.45) is 0 Å². The van der Waals surface area contributed by atoms with Crippen LogP contribution in [0.5, 0.6) is 0 Å². The average Bonchev–Trinajstić information content (AvgIpc) is 1.84. The first-order valence-corrected chi connectivity index (χ1v) is 2.74. The summed E-state index contributed by atoms with van der Waals surface area (Å²) in [6, 6.07) is 0. The zero-order chi connectivity index (χ0) is 8.91. The summed E-state index contributed by atoms with van der Waals surface area (Å²) >= 11 is 0. The van der Waals surface area contributed by atoms with E-state index in [0.717, 1.165) is 7.11 Å². The minimum absolute atomic E-state index is 0.917. The molecule has 0 aromatic carbocycles. The summed E-state index contributed by atoms with van der Waals surface area (Å²) in [5.74, 6) is -3.34. The second-order valence-electron chi connectivity index (χ2n) is 1.86. The molecule has 2 nitrogen and oxygen atoms in total. The van der Waals surface area contributed by atoms with Gasteiger partial charge in [-0.15, -0.1) is 0 Å². The van der Waals surface area contributed by atoms with Gasteiger partial charge in [0.05, 0.1) is 0 Å². The third-order valence-electron chi connectivity index (χ3n) is 0.776. The van der Waals surface area contributed by atoms with Crippen LogP contribution in [0, 0.1) is 0 Å². The fraction of sp³-hybridized carbons (Fsp3) is 1.00. The van der Waals surface area contributed by atoms with Crippen LogP contribution in [0.1, 0.15) is 0 Å². The van der Waals surface area contributed by atoms with E-state index < -0.39 is 25.7 Å². The molecule has 0 aromatic heterocycles. The smallest absolute Gasteiger partial charge is 0.345 e. The van der Waals surface area contributed by atoms with Gasteiger partial charge < -0.3 is 9.47 Å². The Balaban J connectivity index is 3.54. The van der Waals surface area contributed by atoms with Crippen LogP contribution in [-0.2, 0) is 9.47 Å². The van der Waals surface area contributed by atoms with E-state index in [9.17, 15) is 17.6 Å². The summed E-state index contributed by atoms with van der Waals surface area (Å²) in [7, 11) is 1.05. The van der Waals surface area contributed by atoms with Crippen molar-refractivity contribution in [2.75, 3.05) is 20.3 Å². The number of rotatable bonds is 5. The lowest BCUT2D eigenvalue weighted by atomic mass is 10.4. The number of ether oxygens (including phenoxy) is 2. The molecule has 6 heteroatoms. The Kier molecular flexibility index (Phi) is 4.36. The van der Waals surface area contributed by atoms with Gasteiger partial charge >= 0.3 is 6.61 Å². The van der Waals surface area contributed by atoms with E-state index in [0.29, 0.717) is 0 Å². The van der Waals surface area contributed by atoms with Gasteiger partial charge in [-0.2, -0.15) is 8.78 Å². The Morgan fingerprint density at radius 1 is 1.27 bits per heavy atom. The molecule has 0 aliphatic rings. The van der Waals surface area contributed by atoms with E-state index in [1.807, 2.05) is 0 Å². The SMILES string of the molecule is COCC(F)(F)COC(F)F. The maximum Gasteiger partial charge on any atom is 0.345 e. The molecule has 0 heterocycles. The molecule has 0 aromatic rings. The van der Waals surface area contributed by atoms with Gasteiger partial charge in [0, 0.05) is 7.11 Å². The lowest BCUT2D eigenvalue weighted by Gasteiger charge is -2.14. The quantitative estimate of drug-likeness (QED) is 0.591. The Hall–Kier alpha value is -0.360. The van der Waals surface area contributed by atoms with Crippen LogP contribution >= 0.6 is 0 Å². The molecular weight excluding hydrogens is 168 g/mol. The minimum atomic E-state index is -3.34. The summed E-state index contributed by atoms with van der Waals surface area (Å²) in [5.41, 5.74) is 0. The second kappa shape index (κ2) is 4.50. The zero-order valence-corrected chi connectivity index (χ0v) is 5.82. The molecule has 0 N–H and O–H groups in total. The maximum absolute atomic E-state index is 12.2. The van der Waals surface area contributed by atoms with E-state index in [-0.39, 0.29) is 0 Å². The van der Waals surface area contributed by atoms with Crippen LogP contribution < -0.4 is 0 Å². The van der Waals surface area contributed by atoms with Gasteiger partial charge in [-0.05, 0) is 0 Å². The predicted molar refractivity (Wildman–Crippen MR) is 28.8 cm³/mol. The highest BCUT2D eigenvalue weighted by atomic mass is 19.3. The normalized spacial score (nSPS) is 12.5. The maximum atomic E-state index is 12.2. The fourth-order valence-electron chi connectivity index (χ4n) is 0.438. The van der Waals surface area contributed by atoms with E-state index >= 15 is 0 Å². The van der Waals surface area contributed by atoms with E-state index in [2.05, 4.69) is 9.47 Å². The molecule has 0 fully saturated rings. The Morgan fingerprint density at radius 3 is 2.18 bits per heavy atom. The average molecular weight is 176 g/mol. The summed E-state index contributed by atoms with van der Waals surface area (Å²) in [6.45, 7) is -5.41. The van der Waals surface area contributed by atoms with Crippen molar-refractivity contribution in [1.82, 2.24) is 0 Å².